The first kappa shape index (κ1) is 23.4. The molecule has 0 radical (unpaired) electrons. The van der Waals surface area contributed by atoms with Crippen LogP contribution in [0, 0.1) is 5.82 Å². The fourth-order valence-corrected chi connectivity index (χ4v) is 3.22. The number of aliphatic hydroxyl groups is 1. The second-order valence-corrected chi connectivity index (χ2v) is 6.99. The Bertz CT molecular complexity index is 645. The van der Waals surface area contributed by atoms with Crippen molar-refractivity contribution in [3.8, 4) is 0 Å². The van der Waals surface area contributed by atoms with Crippen LogP contribution < -0.4 is 0 Å². The number of benzene rings is 1. The maximum Gasteiger partial charge on any atom is 0.254 e. The predicted octanol–water partition coefficient (Wildman–Crippen LogP) is 1.18. The molecule has 2 atom stereocenters. The average molecular weight is 410 g/mol. The second kappa shape index (κ2) is 12.7. The van der Waals surface area contributed by atoms with Gasteiger partial charge in [-0.1, -0.05) is 12.1 Å². The SMILES string of the molecule is C=CCOCC(O)CN1CCOC(CN(CCOC)C(=O)c2cccc(F)c2)C1. The molecule has 0 aliphatic carbocycles. The first-order valence-corrected chi connectivity index (χ1v) is 9.78. The minimum absolute atomic E-state index is 0.209. The number of hydrogen-bond acceptors (Lipinski definition) is 6. The van der Waals surface area contributed by atoms with Crippen LogP contribution in [-0.2, 0) is 14.2 Å². The fraction of sp³-hybridized carbons (Fsp3) is 0.571. The molecule has 29 heavy (non-hydrogen) atoms. The lowest BCUT2D eigenvalue weighted by atomic mass is 10.1. The molecule has 1 N–H and O–H groups in total. The summed E-state index contributed by atoms with van der Waals surface area (Å²) in [7, 11) is 1.57. The Morgan fingerprint density at radius 3 is 3.10 bits per heavy atom. The Hall–Kier alpha value is -1.84. The zero-order chi connectivity index (χ0) is 21.1. The third-order valence-corrected chi connectivity index (χ3v) is 4.59. The monoisotopic (exact) mass is 410 g/mol. The highest BCUT2D eigenvalue weighted by Gasteiger charge is 2.26. The van der Waals surface area contributed by atoms with E-state index in [1.807, 2.05) is 0 Å². The molecular formula is C21H31FN2O5. The summed E-state index contributed by atoms with van der Waals surface area (Å²) in [5, 5.41) is 10.1. The Labute approximate surface area is 171 Å². The van der Waals surface area contributed by atoms with Gasteiger partial charge in [-0.15, -0.1) is 6.58 Å². The first-order chi connectivity index (χ1) is 14.0. The van der Waals surface area contributed by atoms with E-state index >= 15 is 0 Å². The number of ether oxygens (including phenoxy) is 3. The van der Waals surface area contributed by atoms with Gasteiger partial charge >= 0.3 is 0 Å². The summed E-state index contributed by atoms with van der Waals surface area (Å²) in [5.74, 6) is -0.713. The van der Waals surface area contributed by atoms with Crippen molar-refractivity contribution in [2.24, 2.45) is 0 Å². The van der Waals surface area contributed by atoms with Crippen LogP contribution in [0.2, 0.25) is 0 Å². The lowest BCUT2D eigenvalue weighted by Crippen LogP contribution is -2.51. The number of aliphatic hydroxyl groups excluding tert-OH is 1. The average Bonchev–Trinajstić information content (AvgIpc) is 2.71. The van der Waals surface area contributed by atoms with Gasteiger partial charge in [-0.25, -0.2) is 4.39 Å². The van der Waals surface area contributed by atoms with Crippen LogP contribution in [0.25, 0.3) is 0 Å². The Kier molecular flexibility index (Phi) is 10.2. The minimum atomic E-state index is -0.604. The molecule has 1 aliphatic heterocycles. The van der Waals surface area contributed by atoms with E-state index in [0.29, 0.717) is 58.1 Å². The van der Waals surface area contributed by atoms with Gasteiger partial charge < -0.3 is 24.2 Å². The van der Waals surface area contributed by atoms with Crippen molar-refractivity contribution in [3.63, 3.8) is 0 Å². The van der Waals surface area contributed by atoms with E-state index in [4.69, 9.17) is 14.2 Å². The molecule has 7 nitrogen and oxygen atoms in total. The predicted molar refractivity (Wildman–Crippen MR) is 107 cm³/mol. The Morgan fingerprint density at radius 2 is 2.38 bits per heavy atom. The van der Waals surface area contributed by atoms with Crippen molar-refractivity contribution in [3.05, 3.63) is 48.3 Å². The van der Waals surface area contributed by atoms with Gasteiger partial charge in [0.15, 0.2) is 0 Å². The molecule has 1 amide bonds. The topological polar surface area (TPSA) is 71.5 Å². The highest BCUT2D eigenvalue weighted by molar-refractivity contribution is 5.94. The van der Waals surface area contributed by atoms with Gasteiger partial charge in [-0.2, -0.15) is 0 Å². The maximum atomic E-state index is 13.5. The van der Waals surface area contributed by atoms with Crippen LogP contribution >= 0.6 is 0 Å². The van der Waals surface area contributed by atoms with Gasteiger partial charge in [0, 0.05) is 45.4 Å². The van der Waals surface area contributed by atoms with E-state index in [0.717, 1.165) is 0 Å². The molecule has 8 heteroatoms. The minimum Gasteiger partial charge on any atom is -0.389 e. The summed E-state index contributed by atoms with van der Waals surface area (Å²) in [6.45, 7) is 7.59. The molecule has 0 spiro atoms. The summed E-state index contributed by atoms with van der Waals surface area (Å²) in [6, 6.07) is 5.66. The van der Waals surface area contributed by atoms with Crippen molar-refractivity contribution < 1.29 is 28.5 Å². The van der Waals surface area contributed by atoms with Crippen molar-refractivity contribution in [2.45, 2.75) is 12.2 Å². The molecule has 1 heterocycles. The molecule has 2 unspecified atom stereocenters. The fourth-order valence-electron chi connectivity index (χ4n) is 3.22. The molecule has 0 saturated carbocycles. The first-order valence-electron chi connectivity index (χ1n) is 9.78. The molecule has 2 rings (SSSR count). The van der Waals surface area contributed by atoms with E-state index in [9.17, 15) is 14.3 Å². The third-order valence-electron chi connectivity index (χ3n) is 4.59. The quantitative estimate of drug-likeness (QED) is 0.412. The number of morpholine rings is 1. The lowest BCUT2D eigenvalue weighted by Gasteiger charge is -2.36. The maximum absolute atomic E-state index is 13.5. The number of methoxy groups -OCH3 is 1. The van der Waals surface area contributed by atoms with E-state index < -0.39 is 11.9 Å². The summed E-state index contributed by atoms with van der Waals surface area (Å²) < 4.78 is 29.8. The third kappa shape index (κ3) is 8.20. The Morgan fingerprint density at radius 1 is 1.55 bits per heavy atom. The molecule has 0 aromatic heterocycles. The van der Waals surface area contributed by atoms with Crippen molar-refractivity contribution in [2.75, 3.05) is 66.3 Å². The van der Waals surface area contributed by atoms with E-state index in [1.54, 1.807) is 24.2 Å². The lowest BCUT2D eigenvalue weighted by molar-refractivity contribution is -0.0585. The standard InChI is InChI=1S/C21H31FN2O5/c1-3-9-28-16-19(25)13-23-7-11-29-20(14-23)15-24(8-10-27-2)21(26)17-5-4-6-18(22)12-17/h3-6,12,19-20,25H,1,7-11,13-16H2,2H3. The molecule has 0 bridgehead atoms. The molecule has 1 aliphatic rings. The number of carbonyl (C=O) groups excluding carboxylic acids is 1. The number of rotatable bonds is 12. The van der Waals surface area contributed by atoms with Crippen molar-refractivity contribution >= 4 is 5.91 Å². The second-order valence-electron chi connectivity index (χ2n) is 6.99. The number of β-amino-alcohol motifs (C(OH)–C–C–N with tert-alkyl or cyclic N) is 1. The smallest absolute Gasteiger partial charge is 0.254 e. The Balaban J connectivity index is 1.93. The number of amides is 1. The van der Waals surface area contributed by atoms with Crippen molar-refractivity contribution in [1.82, 2.24) is 9.80 Å². The van der Waals surface area contributed by atoms with E-state index in [1.165, 1.54) is 18.2 Å². The highest BCUT2D eigenvalue weighted by atomic mass is 19.1. The summed E-state index contributed by atoms with van der Waals surface area (Å²) in [4.78, 5) is 16.6. The molecule has 1 aromatic carbocycles. The highest BCUT2D eigenvalue weighted by Crippen LogP contribution is 2.12. The molecule has 1 fully saturated rings. The molecule has 1 saturated heterocycles. The van der Waals surface area contributed by atoms with Crippen LogP contribution in [-0.4, -0.2) is 99.3 Å². The normalized spacial score (nSPS) is 18.4. The zero-order valence-corrected chi connectivity index (χ0v) is 17.0. The molecule has 1 aromatic rings. The van der Waals surface area contributed by atoms with E-state index in [-0.39, 0.29) is 18.6 Å². The largest absolute Gasteiger partial charge is 0.389 e. The molecule has 162 valence electrons. The van der Waals surface area contributed by atoms with Crippen LogP contribution in [0.5, 0.6) is 0 Å². The number of nitrogens with zero attached hydrogens (tertiary/aromatic N) is 2. The van der Waals surface area contributed by atoms with Gasteiger partial charge in [0.1, 0.15) is 5.82 Å². The van der Waals surface area contributed by atoms with Crippen LogP contribution in [0.1, 0.15) is 10.4 Å². The number of halogens is 1. The summed E-state index contributed by atoms with van der Waals surface area (Å²) >= 11 is 0. The van der Waals surface area contributed by atoms with Crippen LogP contribution in [0.3, 0.4) is 0 Å². The van der Waals surface area contributed by atoms with Gasteiger partial charge in [0.2, 0.25) is 0 Å². The van der Waals surface area contributed by atoms with Gasteiger partial charge in [0.25, 0.3) is 5.91 Å². The van der Waals surface area contributed by atoms with Crippen molar-refractivity contribution in [1.29, 1.82) is 0 Å². The summed E-state index contributed by atoms with van der Waals surface area (Å²) in [5.41, 5.74) is 0.295. The van der Waals surface area contributed by atoms with Gasteiger partial charge in [0.05, 0.1) is 38.6 Å². The summed E-state index contributed by atoms with van der Waals surface area (Å²) in [6.07, 6.45) is 0.827. The van der Waals surface area contributed by atoms with E-state index in [2.05, 4.69) is 11.5 Å². The number of hydrogen-bond donors (Lipinski definition) is 1. The van der Waals surface area contributed by atoms with Crippen LogP contribution in [0.4, 0.5) is 4.39 Å². The zero-order valence-electron chi connectivity index (χ0n) is 17.0. The van der Waals surface area contributed by atoms with Crippen LogP contribution in [0.15, 0.2) is 36.9 Å². The number of carbonyl (C=O) groups is 1. The van der Waals surface area contributed by atoms with Gasteiger partial charge in [-0.05, 0) is 18.2 Å². The van der Waals surface area contributed by atoms with Gasteiger partial charge in [-0.3, -0.25) is 9.69 Å². The molecular weight excluding hydrogens is 379 g/mol.